The summed E-state index contributed by atoms with van der Waals surface area (Å²) in [6, 6.07) is 5.45. The summed E-state index contributed by atoms with van der Waals surface area (Å²) < 4.78 is 5.33. The van der Waals surface area contributed by atoms with Crippen LogP contribution in [-0.4, -0.2) is 18.1 Å². The van der Waals surface area contributed by atoms with Gasteiger partial charge in [-0.3, -0.25) is 4.79 Å². The van der Waals surface area contributed by atoms with Crippen LogP contribution in [0.3, 0.4) is 0 Å². The summed E-state index contributed by atoms with van der Waals surface area (Å²) in [6.45, 7) is 3.50. The maximum absolute atomic E-state index is 10.9. The Morgan fingerprint density at radius 2 is 2.12 bits per heavy atom. The van der Waals surface area contributed by atoms with E-state index < -0.39 is 12.0 Å². The zero-order valence-corrected chi connectivity index (χ0v) is 10.7. The molecule has 0 spiro atoms. The number of rotatable bonds is 5. The number of carbonyl (C=O) groups is 1. The van der Waals surface area contributed by atoms with Crippen LogP contribution >= 0.6 is 11.6 Å². The second-order valence-electron chi connectivity index (χ2n) is 4.11. The first-order valence-corrected chi connectivity index (χ1v) is 5.78. The lowest BCUT2D eigenvalue weighted by Gasteiger charge is -2.13. The molecule has 0 fully saturated rings. The number of hydrogen-bond acceptors (Lipinski definition) is 3. The Balaban J connectivity index is 2.79. The molecule has 17 heavy (non-hydrogen) atoms. The second-order valence-corrected chi connectivity index (χ2v) is 4.52. The van der Waals surface area contributed by atoms with Gasteiger partial charge < -0.3 is 16.2 Å². The van der Waals surface area contributed by atoms with Gasteiger partial charge in [-0.25, -0.2) is 0 Å². The van der Waals surface area contributed by atoms with Crippen LogP contribution in [0.2, 0.25) is 5.02 Å². The fourth-order valence-corrected chi connectivity index (χ4v) is 1.63. The van der Waals surface area contributed by atoms with Crippen LogP contribution in [0.25, 0.3) is 0 Å². The summed E-state index contributed by atoms with van der Waals surface area (Å²) in [7, 11) is 0. The summed E-state index contributed by atoms with van der Waals surface area (Å²) >= 11 is 6.04. The molecule has 0 aliphatic carbocycles. The number of halogens is 1. The normalized spacial score (nSPS) is 14.1. The van der Waals surface area contributed by atoms with Crippen molar-refractivity contribution in [3.05, 3.63) is 28.8 Å². The average Bonchev–Trinajstić information content (AvgIpc) is 2.20. The standard InChI is InChI=1S/C12H17ClN2O2/c1-7(14)5-9-3-4-11(10(13)6-9)17-8(2)12(15)16/h3-4,6-8H,5,14H2,1-2H3,(H2,15,16). The van der Waals surface area contributed by atoms with E-state index in [2.05, 4.69) is 0 Å². The smallest absolute Gasteiger partial charge is 0.258 e. The lowest BCUT2D eigenvalue weighted by molar-refractivity contribution is -0.123. The first kappa shape index (κ1) is 13.8. The Bertz CT molecular complexity index is 407. The van der Waals surface area contributed by atoms with E-state index in [0.29, 0.717) is 10.8 Å². The molecule has 1 rings (SSSR count). The van der Waals surface area contributed by atoms with E-state index in [1.54, 1.807) is 19.1 Å². The quantitative estimate of drug-likeness (QED) is 0.838. The van der Waals surface area contributed by atoms with Crippen LogP contribution in [0.1, 0.15) is 19.4 Å². The number of primary amides is 1. The molecule has 4 nitrogen and oxygen atoms in total. The number of benzene rings is 1. The number of hydrogen-bond donors (Lipinski definition) is 2. The predicted octanol–water partition coefficient (Wildman–Crippen LogP) is 1.48. The summed E-state index contributed by atoms with van der Waals surface area (Å²) in [6.07, 6.45) is 0.0394. The minimum atomic E-state index is -0.702. The van der Waals surface area contributed by atoms with E-state index in [4.69, 9.17) is 27.8 Å². The van der Waals surface area contributed by atoms with Crippen LogP contribution in [0.4, 0.5) is 0 Å². The van der Waals surface area contributed by atoms with E-state index in [9.17, 15) is 4.79 Å². The van der Waals surface area contributed by atoms with Crippen molar-refractivity contribution in [1.82, 2.24) is 0 Å². The molecule has 1 amide bonds. The fourth-order valence-electron chi connectivity index (χ4n) is 1.39. The Morgan fingerprint density at radius 1 is 1.47 bits per heavy atom. The number of nitrogens with two attached hydrogens (primary N) is 2. The van der Waals surface area contributed by atoms with Gasteiger partial charge in [0.1, 0.15) is 5.75 Å². The Morgan fingerprint density at radius 3 is 2.59 bits per heavy atom. The highest BCUT2D eigenvalue weighted by Gasteiger charge is 2.12. The molecule has 0 heterocycles. The Kier molecular flexibility index (Phi) is 4.78. The third-order valence-corrected chi connectivity index (χ3v) is 2.55. The molecule has 0 aliphatic rings. The molecule has 2 atom stereocenters. The predicted molar refractivity (Wildman–Crippen MR) is 68.1 cm³/mol. The van der Waals surface area contributed by atoms with Crippen LogP contribution in [-0.2, 0) is 11.2 Å². The molecule has 0 aromatic heterocycles. The van der Waals surface area contributed by atoms with Crippen molar-refractivity contribution < 1.29 is 9.53 Å². The molecule has 0 radical (unpaired) electrons. The molecule has 0 saturated carbocycles. The third kappa shape index (κ3) is 4.24. The topological polar surface area (TPSA) is 78.3 Å². The Labute approximate surface area is 106 Å². The van der Waals surface area contributed by atoms with E-state index in [1.807, 2.05) is 13.0 Å². The van der Waals surface area contributed by atoms with Crippen molar-refractivity contribution in [3.8, 4) is 5.75 Å². The lowest BCUT2D eigenvalue weighted by Crippen LogP contribution is -2.30. The molecule has 1 aromatic rings. The molecule has 0 bridgehead atoms. The van der Waals surface area contributed by atoms with Crippen molar-refractivity contribution in [2.45, 2.75) is 32.4 Å². The second kappa shape index (κ2) is 5.89. The van der Waals surface area contributed by atoms with Gasteiger partial charge in [0.25, 0.3) is 5.91 Å². The largest absolute Gasteiger partial charge is 0.479 e. The molecule has 1 aromatic carbocycles. The highest BCUT2D eigenvalue weighted by Crippen LogP contribution is 2.26. The number of carbonyl (C=O) groups excluding carboxylic acids is 1. The van der Waals surface area contributed by atoms with Gasteiger partial charge in [0.2, 0.25) is 0 Å². The van der Waals surface area contributed by atoms with Crippen molar-refractivity contribution in [2.75, 3.05) is 0 Å². The van der Waals surface area contributed by atoms with E-state index in [0.717, 1.165) is 12.0 Å². The summed E-state index contributed by atoms with van der Waals surface area (Å²) in [4.78, 5) is 10.9. The van der Waals surface area contributed by atoms with Crippen molar-refractivity contribution in [3.63, 3.8) is 0 Å². The third-order valence-electron chi connectivity index (χ3n) is 2.26. The zero-order valence-electron chi connectivity index (χ0n) is 9.94. The first-order valence-electron chi connectivity index (χ1n) is 5.40. The van der Waals surface area contributed by atoms with Gasteiger partial charge in [0.15, 0.2) is 6.10 Å². The Hall–Kier alpha value is -1.26. The average molecular weight is 257 g/mol. The molecule has 0 saturated heterocycles. The summed E-state index contributed by atoms with van der Waals surface area (Å²) in [5.74, 6) is -0.0767. The van der Waals surface area contributed by atoms with E-state index in [-0.39, 0.29) is 6.04 Å². The van der Waals surface area contributed by atoms with E-state index in [1.165, 1.54) is 0 Å². The van der Waals surface area contributed by atoms with E-state index >= 15 is 0 Å². The molecular weight excluding hydrogens is 240 g/mol. The summed E-state index contributed by atoms with van der Waals surface area (Å²) in [5.41, 5.74) is 11.8. The molecule has 0 aliphatic heterocycles. The fraction of sp³-hybridized carbons (Fsp3) is 0.417. The van der Waals surface area contributed by atoms with Crippen molar-refractivity contribution in [2.24, 2.45) is 11.5 Å². The molecular formula is C12H17ClN2O2. The van der Waals surface area contributed by atoms with Crippen LogP contribution < -0.4 is 16.2 Å². The minimum absolute atomic E-state index is 0.0716. The van der Waals surface area contributed by atoms with Gasteiger partial charge in [-0.1, -0.05) is 17.7 Å². The molecule has 5 heteroatoms. The monoisotopic (exact) mass is 256 g/mol. The van der Waals surface area contributed by atoms with Crippen LogP contribution in [0.5, 0.6) is 5.75 Å². The molecule has 94 valence electrons. The highest BCUT2D eigenvalue weighted by molar-refractivity contribution is 6.32. The highest BCUT2D eigenvalue weighted by atomic mass is 35.5. The van der Waals surface area contributed by atoms with Crippen molar-refractivity contribution >= 4 is 17.5 Å². The van der Waals surface area contributed by atoms with Gasteiger partial charge in [-0.15, -0.1) is 0 Å². The lowest BCUT2D eigenvalue weighted by atomic mass is 10.1. The maximum Gasteiger partial charge on any atom is 0.258 e. The molecule has 2 unspecified atom stereocenters. The zero-order chi connectivity index (χ0) is 13.0. The van der Waals surface area contributed by atoms with Crippen molar-refractivity contribution in [1.29, 1.82) is 0 Å². The van der Waals surface area contributed by atoms with Gasteiger partial charge in [-0.2, -0.15) is 0 Å². The summed E-state index contributed by atoms with van der Waals surface area (Å²) in [5, 5.41) is 0.455. The SMILES string of the molecule is CC(N)Cc1ccc(OC(C)C(N)=O)c(Cl)c1. The number of ether oxygens (including phenoxy) is 1. The van der Waals surface area contributed by atoms with Gasteiger partial charge >= 0.3 is 0 Å². The molecule has 4 N–H and O–H groups in total. The minimum Gasteiger partial charge on any atom is -0.479 e. The number of amides is 1. The maximum atomic E-state index is 10.9. The first-order chi connectivity index (χ1) is 7.90. The van der Waals surface area contributed by atoms with Gasteiger partial charge in [0, 0.05) is 6.04 Å². The van der Waals surface area contributed by atoms with Gasteiger partial charge in [0.05, 0.1) is 5.02 Å². The van der Waals surface area contributed by atoms with Crippen LogP contribution in [0.15, 0.2) is 18.2 Å². The van der Waals surface area contributed by atoms with Gasteiger partial charge in [-0.05, 0) is 38.0 Å². The van der Waals surface area contributed by atoms with Crippen LogP contribution in [0, 0.1) is 0 Å².